The zero-order valence-corrected chi connectivity index (χ0v) is 15.9. The van der Waals surface area contributed by atoms with Gasteiger partial charge in [-0.3, -0.25) is 0 Å². The molecular weight excluding hydrogens is 342 g/mol. The number of anilines is 2. The maximum atomic E-state index is 6.07. The Morgan fingerprint density at radius 3 is 2.81 bits per heavy atom. The van der Waals surface area contributed by atoms with Crippen LogP contribution in [0.15, 0.2) is 54.1 Å². The van der Waals surface area contributed by atoms with Crippen molar-refractivity contribution in [3.05, 3.63) is 70.9 Å². The van der Waals surface area contributed by atoms with Gasteiger partial charge in [-0.2, -0.15) is 0 Å². The largest absolute Gasteiger partial charge is 0.485 e. The van der Waals surface area contributed by atoms with E-state index in [2.05, 4.69) is 46.5 Å². The van der Waals surface area contributed by atoms with E-state index in [0.717, 1.165) is 40.5 Å². The van der Waals surface area contributed by atoms with Gasteiger partial charge in [-0.1, -0.05) is 55.8 Å². The molecule has 3 aromatic rings. The number of thiazole rings is 1. The summed E-state index contributed by atoms with van der Waals surface area (Å²) >= 11 is 1.56. The molecule has 26 heavy (non-hydrogen) atoms. The third-order valence-corrected chi connectivity index (χ3v) is 4.60. The lowest BCUT2D eigenvalue weighted by molar-refractivity contribution is 0.307. The molecule has 0 aliphatic carbocycles. The van der Waals surface area contributed by atoms with E-state index in [1.54, 1.807) is 11.3 Å². The zero-order valence-electron chi connectivity index (χ0n) is 15.1. The Bertz CT molecular complexity index is 859. The van der Waals surface area contributed by atoms with E-state index in [9.17, 15) is 0 Å². The number of aromatic nitrogens is 2. The number of benzene rings is 1. The number of nitrogens with zero attached hydrogens (tertiary/aromatic N) is 2. The summed E-state index contributed by atoms with van der Waals surface area (Å²) in [6.07, 6.45) is 8.28. The van der Waals surface area contributed by atoms with Gasteiger partial charge in [0.05, 0.1) is 5.69 Å². The molecule has 0 bridgehead atoms. The molecule has 2 aromatic heterocycles. The molecule has 0 saturated carbocycles. The molecule has 4 nitrogen and oxygen atoms in total. The average molecular weight is 366 g/mol. The number of unbranched alkanes of at least 4 members (excludes halogenated alkanes) is 1. The maximum absolute atomic E-state index is 6.07. The number of rotatable bonds is 8. The lowest BCUT2D eigenvalue weighted by atomic mass is 10.2. The Morgan fingerprint density at radius 1 is 1.23 bits per heavy atom. The van der Waals surface area contributed by atoms with Crippen molar-refractivity contribution in [3.63, 3.8) is 0 Å². The van der Waals surface area contributed by atoms with Gasteiger partial charge in [0.2, 0.25) is 0 Å². The molecule has 0 unspecified atom stereocenters. The number of nitrogens with one attached hydrogen (secondary N) is 1. The highest BCUT2D eigenvalue weighted by Gasteiger charge is 2.09. The first-order chi connectivity index (χ1) is 12.7. The zero-order chi connectivity index (χ0) is 18.2. The van der Waals surface area contributed by atoms with Gasteiger partial charge in [0.25, 0.3) is 0 Å². The van der Waals surface area contributed by atoms with Gasteiger partial charge in [-0.15, -0.1) is 11.3 Å². The lowest BCUT2D eigenvalue weighted by Crippen LogP contribution is -2.01. The van der Waals surface area contributed by atoms with Crippen molar-refractivity contribution >= 4 is 28.4 Å². The Balaban J connectivity index is 1.81. The average Bonchev–Trinajstić information content (AvgIpc) is 3.07. The minimum absolute atomic E-state index is 0.496. The van der Waals surface area contributed by atoms with Crippen LogP contribution in [0.25, 0.3) is 6.08 Å². The summed E-state index contributed by atoms with van der Waals surface area (Å²) < 4.78 is 6.07. The van der Waals surface area contributed by atoms with Gasteiger partial charge < -0.3 is 10.1 Å². The minimum Gasteiger partial charge on any atom is -0.485 e. The summed E-state index contributed by atoms with van der Waals surface area (Å²) in [5.41, 5.74) is 3.14. The molecule has 0 aliphatic rings. The van der Waals surface area contributed by atoms with Crippen LogP contribution in [0.5, 0.6) is 5.75 Å². The van der Waals surface area contributed by atoms with Crippen LogP contribution < -0.4 is 10.1 Å². The van der Waals surface area contributed by atoms with Crippen LogP contribution in [0.2, 0.25) is 0 Å². The monoisotopic (exact) mass is 365 g/mol. The summed E-state index contributed by atoms with van der Waals surface area (Å²) in [5, 5.41) is 6.09. The molecule has 3 rings (SSSR count). The fourth-order valence-electron chi connectivity index (χ4n) is 2.39. The van der Waals surface area contributed by atoms with E-state index in [4.69, 9.17) is 4.74 Å². The maximum Gasteiger partial charge on any atom is 0.188 e. The van der Waals surface area contributed by atoms with Crippen LogP contribution in [-0.2, 0) is 6.61 Å². The van der Waals surface area contributed by atoms with Crippen LogP contribution >= 0.6 is 11.3 Å². The first-order valence-corrected chi connectivity index (χ1v) is 9.65. The normalized spacial score (nSPS) is 11.0. The van der Waals surface area contributed by atoms with Gasteiger partial charge in [-0.05, 0) is 30.5 Å². The van der Waals surface area contributed by atoms with Gasteiger partial charge in [0.15, 0.2) is 16.7 Å². The van der Waals surface area contributed by atoms with Crippen molar-refractivity contribution < 1.29 is 4.74 Å². The highest BCUT2D eigenvalue weighted by molar-refractivity contribution is 7.13. The predicted octanol–water partition coefficient (Wildman–Crippen LogP) is 5.98. The van der Waals surface area contributed by atoms with E-state index in [-0.39, 0.29) is 0 Å². The highest BCUT2D eigenvalue weighted by atomic mass is 32.1. The molecule has 134 valence electrons. The number of allylic oxidation sites excluding steroid dienone is 1. The van der Waals surface area contributed by atoms with Crippen molar-refractivity contribution in [2.75, 3.05) is 5.32 Å². The molecule has 0 aliphatic heterocycles. The topological polar surface area (TPSA) is 47.0 Å². The number of pyridine rings is 1. The summed E-state index contributed by atoms with van der Waals surface area (Å²) in [6.45, 7) is 4.64. The van der Waals surface area contributed by atoms with E-state index >= 15 is 0 Å². The van der Waals surface area contributed by atoms with E-state index in [1.165, 1.54) is 0 Å². The molecule has 1 N–H and O–H groups in total. The molecule has 0 radical (unpaired) electrons. The number of ether oxygens (including phenoxy) is 1. The number of hydrogen-bond acceptors (Lipinski definition) is 5. The molecule has 0 amide bonds. The summed E-state index contributed by atoms with van der Waals surface area (Å²) in [5.74, 6) is 1.41. The molecule has 5 heteroatoms. The Morgan fingerprint density at radius 2 is 2.08 bits per heavy atom. The van der Waals surface area contributed by atoms with Crippen LogP contribution in [0.1, 0.15) is 36.6 Å². The summed E-state index contributed by atoms with van der Waals surface area (Å²) in [6, 6.07) is 12.1. The second kappa shape index (κ2) is 9.15. The van der Waals surface area contributed by atoms with Crippen molar-refractivity contribution in [1.82, 2.24) is 9.97 Å². The number of hydrogen-bond donors (Lipinski definition) is 1. The third kappa shape index (κ3) is 5.17. The Labute approximate surface area is 158 Å². The third-order valence-electron chi connectivity index (χ3n) is 3.72. The van der Waals surface area contributed by atoms with Crippen LogP contribution in [0.4, 0.5) is 10.9 Å². The molecule has 1 aromatic carbocycles. The van der Waals surface area contributed by atoms with Crippen LogP contribution in [-0.4, -0.2) is 9.97 Å². The standard InChI is InChI=1S/C21H23N3OS/c1-3-4-6-11-18-12-19(25-14-17-9-7-5-8-10-17)20(22-13-18)24-21-23-16(2)15-26-21/h5-13,15H,3-4,14H2,1-2H3,(H,22,23,24)/b11-6+. The molecule has 0 fully saturated rings. The Kier molecular flexibility index (Phi) is 6.39. The van der Waals surface area contributed by atoms with Crippen molar-refractivity contribution in [2.24, 2.45) is 0 Å². The first kappa shape index (κ1) is 18.1. The van der Waals surface area contributed by atoms with Gasteiger partial charge in [0, 0.05) is 11.6 Å². The van der Waals surface area contributed by atoms with Crippen molar-refractivity contribution in [2.45, 2.75) is 33.3 Å². The smallest absolute Gasteiger partial charge is 0.188 e. The molecule has 0 spiro atoms. The molecular formula is C21H23N3OS. The van der Waals surface area contributed by atoms with Gasteiger partial charge >= 0.3 is 0 Å². The van der Waals surface area contributed by atoms with Gasteiger partial charge in [-0.25, -0.2) is 9.97 Å². The second-order valence-corrected chi connectivity index (χ2v) is 6.86. The van der Waals surface area contributed by atoms with E-state index in [0.29, 0.717) is 12.4 Å². The fourth-order valence-corrected chi connectivity index (χ4v) is 3.08. The Hall–Kier alpha value is -2.66. The SMILES string of the molecule is CCC/C=C/c1cnc(Nc2nc(C)cs2)c(OCc2ccccc2)c1. The molecule has 0 atom stereocenters. The predicted molar refractivity (Wildman–Crippen MR) is 109 cm³/mol. The van der Waals surface area contributed by atoms with E-state index < -0.39 is 0 Å². The summed E-state index contributed by atoms with van der Waals surface area (Å²) in [7, 11) is 0. The molecule has 2 heterocycles. The second-order valence-electron chi connectivity index (χ2n) is 6.00. The highest BCUT2D eigenvalue weighted by Crippen LogP contribution is 2.29. The minimum atomic E-state index is 0.496. The summed E-state index contributed by atoms with van der Waals surface area (Å²) in [4.78, 5) is 9.00. The quantitative estimate of drug-likeness (QED) is 0.533. The van der Waals surface area contributed by atoms with Crippen LogP contribution in [0.3, 0.4) is 0 Å². The van der Waals surface area contributed by atoms with Crippen molar-refractivity contribution in [1.29, 1.82) is 0 Å². The number of aryl methyl sites for hydroxylation is 1. The van der Waals surface area contributed by atoms with Crippen LogP contribution in [0, 0.1) is 6.92 Å². The fraction of sp³-hybridized carbons (Fsp3) is 0.238. The van der Waals surface area contributed by atoms with E-state index in [1.807, 2.05) is 42.8 Å². The first-order valence-electron chi connectivity index (χ1n) is 8.77. The van der Waals surface area contributed by atoms with Gasteiger partial charge in [0.1, 0.15) is 6.61 Å². The molecule has 0 saturated heterocycles. The van der Waals surface area contributed by atoms with Crippen molar-refractivity contribution in [3.8, 4) is 5.75 Å². The lowest BCUT2D eigenvalue weighted by Gasteiger charge is -2.12.